The molecule has 0 amide bonds. The highest BCUT2D eigenvalue weighted by molar-refractivity contribution is 6.31. The van der Waals surface area contributed by atoms with Gasteiger partial charge < -0.3 is 10.1 Å². The first-order valence-corrected chi connectivity index (χ1v) is 8.31. The van der Waals surface area contributed by atoms with Gasteiger partial charge in [0, 0.05) is 16.6 Å². The zero-order valence-electron chi connectivity index (χ0n) is 13.4. The monoisotopic (exact) mass is 310 g/mol. The molecule has 1 N–H and O–H groups in total. The van der Waals surface area contributed by atoms with E-state index in [1.807, 2.05) is 25.2 Å². The fourth-order valence-electron chi connectivity index (χ4n) is 3.57. The predicted molar refractivity (Wildman–Crippen MR) is 89.3 cm³/mol. The Balaban J connectivity index is 2.41. The summed E-state index contributed by atoms with van der Waals surface area (Å²) < 4.78 is 5.60. The largest absolute Gasteiger partial charge is 0.496 e. The van der Waals surface area contributed by atoms with Crippen molar-refractivity contribution in [1.29, 1.82) is 0 Å². The highest BCUT2D eigenvalue weighted by Crippen LogP contribution is 2.43. The minimum Gasteiger partial charge on any atom is -0.496 e. The van der Waals surface area contributed by atoms with Crippen molar-refractivity contribution in [2.24, 2.45) is 5.92 Å². The molecular weight excluding hydrogens is 284 g/mol. The van der Waals surface area contributed by atoms with Gasteiger partial charge in [0.05, 0.1) is 7.11 Å². The molecule has 1 aliphatic rings. The summed E-state index contributed by atoms with van der Waals surface area (Å²) in [5, 5.41) is 4.17. The second kappa shape index (κ2) is 8.02. The maximum atomic E-state index is 6.55. The Kier molecular flexibility index (Phi) is 6.34. The lowest BCUT2D eigenvalue weighted by Gasteiger charge is -2.42. The van der Waals surface area contributed by atoms with Crippen LogP contribution in [-0.2, 0) is 0 Å². The number of benzene rings is 1. The third kappa shape index (κ3) is 3.71. The Bertz CT molecular complexity index is 434. The molecule has 4 heteroatoms. The van der Waals surface area contributed by atoms with Crippen LogP contribution in [0.5, 0.6) is 5.75 Å². The molecule has 0 radical (unpaired) electrons. The molecule has 118 valence electrons. The average molecular weight is 311 g/mol. The second-order valence-corrected chi connectivity index (χ2v) is 6.20. The SMILES string of the molecule is CCCN1CCCC(CNC)C1c1c(Cl)cccc1OC. The van der Waals surface area contributed by atoms with Gasteiger partial charge in [0.2, 0.25) is 0 Å². The van der Waals surface area contributed by atoms with Gasteiger partial charge in [-0.15, -0.1) is 0 Å². The van der Waals surface area contributed by atoms with Gasteiger partial charge in [0.25, 0.3) is 0 Å². The summed E-state index contributed by atoms with van der Waals surface area (Å²) in [5.74, 6) is 1.49. The predicted octanol–water partition coefficient (Wildman–Crippen LogP) is 3.73. The van der Waals surface area contributed by atoms with Crippen LogP contribution in [0.1, 0.15) is 37.8 Å². The first kappa shape index (κ1) is 16.6. The van der Waals surface area contributed by atoms with Crippen LogP contribution in [0.4, 0.5) is 0 Å². The standard InChI is InChI=1S/C17H27ClN2O/c1-4-10-20-11-6-7-13(12-19-2)17(20)16-14(18)8-5-9-15(16)21-3/h5,8-9,13,17,19H,4,6-7,10-12H2,1-3H3. The summed E-state index contributed by atoms with van der Waals surface area (Å²) in [6, 6.07) is 6.31. The molecule has 0 aromatic heterocycles. The van der Waals surface area contributed by atoms with E-state index in [-0.39, 0.29) is 0 Å². The molecular formula is C17H27ClN2O. The van der Waals surface area contributed by atoms with Crippen molar-refractivity contribution in [2.75, 3.05) is 33.8 Å². The Morgan fingerprint density at radius 2 is 2.24 bits per heavy atom. The summed E-state index contributed by atoms with van der Waals surface area (Å²) in [5.41, 5.74) is 1.16. The molecule has 0 bridgehead atoms. The molecule has 1 heterocycles. The lowest BCUT2D eigenvalue weighted by atomic mass is 9.84. The van der Waals surface area contributed by atoms with E-state index in [9.17, 15) is 0 Å². The zero-order valence-corrected chi connectivity index (χ0v) is 14.1. The second-order valence-electron chi connectivity index (χ2n) is 5.80. The van der Waals surface area contributed by atoms with E-state index in [1.165, 1.54) is 12.8 Å². The van der Waals surface area contributed by atoms with E-state index in [0.29, 0.717) is 12.0 Å². The van der Waals surface area contributed by atoms with Crippen LogP contribution >= 0.6 is 11.6 Å². The summed E-state index contributed by atoms with van der Waals surface area (Å²) in [7, 11) is 3.76. The van der Waals surface area contributed by atoms with Gasteiger partial charge in [-0.05, 0) is 64.0 Å². The molecule has 2 atom stereocenters. The Morgan fingerprint density at radius 1 is 1.43 bits per heavy atom. The third-order valence-corrected chi connectivity index (χ3v) is 4.70. The van der Waals surface area contributed by atoms with Crippen LogP contribution in [0.25, 0.3) is 0 Å². The summed E-state index contributed by atoms with van der Waals surface area (Å²) >= 11 is 6.55. The Hall–Kier alpha value is -0.770. The van der Waals surface area contributed by atoms with Gasteiger partial charge in [-0.25, -0.2) is 0 Å². The smallest absolute Gasteiger partial charge is 0.125 e. The minimum absolute atomic E-state index is 0.342. The molecule has 0 aliphatic carbocycles. The first-order valence-electron chi connectivity index (χ1n) is 7.94. The Labute approximate surface area is 133 Å². The number of piperidine rings is 1. The molecule has 1 saturated heterocycles. The number of nitrogens with zero attached hydrogens (tertiary/aromatic N) is 1. The number of nitrogens with one attached hydrogen (secondary N) is 1. The number of halogens is 1. The molecule has 1 aromatic rings. The summed E-state index contributed by atoms with van der Waals surface area (Å²) in [6.45, 7) is 5.51. The van der Waals surface area contributed by atoms with E-state index >= 15 is 0 Å². The number of ether oxygens (including phenoxy) is 1. The van der Waals surface area contributed by atoms with E-state index in [2.05, 4.69) is 17.1 Å². The number of hydrogen-bond acceptors (Lipinski definition) is 3. The number of methoxy groups -OCH3 is 1. The van der Waals surface area contributed by atoms with Crippen molar-refractivity contribution in [3.05, 3.63) is 28.8 Å². The van der Waals surface area contributed by atoms with Crippen LogP contribution in [0.15, 0.2) is 18.2 Å². The lowest BCUT2D eigenvalue weighted by molar-refractivity contribution is 0.0905. The maximum Gasteiger partial charge on any atom is 0.125 e. The summed E-state index contributed by atoms with van der Waals surface area (Å²) in [6.07, 6.45) is 3.66. The van der Waals surface area contributed by atoms with Gasteiger partial charge in [-0.2, -0.15) is 0 Å². The molecule has 21 heavy (non-hydrogen) atoms. The third-order valence-electron chi connectivity index (χ3n) is 4.37. The maximum absolute atomic E-state index is 6.55. The van der Waals surface area contributed by atoms with Crippen LogP contribution < -0.4 is 10.1 Å². The average Bonchev–Trinajstić information content (AvgIpc) is 2.49. The van der Waals surface area contributed by atoms with Crippen LogP contribution in [0, 0.1) is 5.92 Å². The van der Waals surface area contributed by atoms with Crippen molar-refractivity contribution >= 4 is 11.6 Å². The number of hydrogen-bond donors (Lipinski definition) is 1. The highest BCUT2D eigenvalue weighted by Gasteiger charge is 2.34. The quantitative estimate of drug-likeness (QED) is 0.866. The van der Waals surface area contributed by atoms with Gasteiger partial charge in [0.15, 0.2) is 0 Å². The van der Waals surface area contributed by atoms with Gasteiger partial charge >= 0.3 is 0 Å². The molecule has 2 rings (SSSR count). The zero-order chi connectivity index (χ0) is 15.2. The number of rotatable bonds is 6. The Morgan fingerprint density at radius 3 is 2.90 bits per heavy atom. The summed E-state index contributed by atoms with van der Waals surface area (Å²) in [4.78, 5) is 2.58. The molecule has 0 saturated carbocycles. The molecule has 1 aromatic carbocycles. The van der Waals surface area contributed by atoms with Crippen LogP contribution in [0.3, 0.4) is 0 Å². The molecule has 1 fully saturated rings. The van der Waals surface area contributed by atoms with Gasteiger partial charge in [-0.1, -0.05) is 24.6 Å². The van der Waals surface area contributed by atoms with E-state index < -0.39 is 0 Å². The van der Waals surface area contributed by atoms with E-state index in [4.69, 9.17) is 16.3 Å². The van der Waals surface area contributed by atoms with Gasteiger partial charge in [0.1, 0.15) is 5.75 Å². The highest BCUT2D eigenvalue weighted by atomic mass is 35.5. The molecule has 1 aliphatic heterocycles. The normalized spacial score (nSPS) is 23.2. The van der Waals surface area contributed by atoms with Crippen molar-refractivity contribution < 1.29 is 4.74 Å². The molecule has 0 spiro atoms. The van der Waals surface area contributed by atoms with Crippen molar-refractivity contribution in [3.8, 4) is 5.75 Å². The molecule has 3 nitrogen and oxygen atoms in total. The van der Waals surface area contributed by atoms with Crippen LogP contribution in [-0.4, -0.2) is 38.7 Å². The van der Waals surface area contributed by atoms with E-state index in [1.54, 1.807) is 7.11 Å². The lowest BCUT2D eigenvalue weighted by Crippen LogP contribution is -2.42. The fourth-order valence-corrected chi connectivity index (χ4v) is 3.84. The fraction of sp³-hybridized carbons (Fsp3) is 0.647. The molecule has 2 unspecified atom stereocenters. The van der Waals surface area contributed by atoms with Crippen molar-refractivity contribution in [1.82, 2.24) is 10.2 Å². The first-order chi connectivity index (χ1) is 10.2. The van der Waals surface area contributed by atoms with Gasteiger partial charge in [-0.3, -0.25) is 4.90 Å². The van der Waals surface area contributed by atoms with Crippen molar-refractivity contribution in [3.63, 3.8) is 0 Å². The number of likely N-dealkylation sites (tertiary alicyclic amines) is 1. The van der Waals surface area contributed by atoms with Crippen molar-refractivity contribution in [2.45, 2.75) is 32.2 Å². The van der Waals surface area contributed by atoms with E-state index in [0.717, 1.165) is 42.4 Å². The topological polar surface area (TPSA) is 24.5 Å². The van der Waals surface area contributed by atoms with Crippen LogP contribution in [0.2, 0.25) is 5.02 Å². The minimum atomic E-state index is 0.342.